The van der Waals surface area contributed by atoms with Gasteiger partial charge in [-0.25, -0.2) is 4.98 Å². The molecule has 0 radical (unpaired) electrons. The second kappa shape index (κ2) is 8.28. The molecule has 2 N–H and O–H groups in total. The molecule has 2 aromatic heterocycles. The fourth-order valence-electron chi connectivity index (χ4n) is 3.08. The summed E-state index contributed by atoms with van der Waals surface area (Å²) in [4.78, 5) is 21.3. The van der Waals surface area contributed by atoms with Crippen LogP contribution in [0, 0.1) is 13.8 Å². The smallest absolute Gasteiger partial charge is 0.251 e. The fraction of sp³-hybridized carbons (Fsp3) is 0.350. The van der Waals surface area contributed by atoms with Crippen LogP contribution in [0.25, 0.3) is 11.4 Å². The average molecular weight is 367 g/mol. The normalized spacial score (nSPS) is 11.3. The predicted molar refractivity (Wildman–Crippen MR) is 104 cm³/mol. The molecule has 3 aromatic rings. The molecule has 1 aromatic carbocycles. The number of aromatic nitrogens is 4. The van der Waals surface area contributed by atoms with Crippen molar-refractivity contribution < 1.29 is 4.74 Å². The molecule has 0 aliphatic heterocycles. The van der Waals surface area contributed by atoms with Crippen LogP contribution in [0.1, 0.15) is 28.2 Å². The number of aryl methyl sites for hydroxylation is 2. The number of aromatic amines is 2. The standard InChI is InChI=1S/C20H25N5O2/c1-13-18(14(2)24-23-13)11-25(3)10-15-5-7-16(8-6-15)20-21-17(12-27-4)9-19(26)22-20/h5-9H,10-12H2,1-4H3,(H,23,24)(H,21,22,26). The van der Waals surface area contributed by atoms with Gasteiger partial charge >= 0.3 is 0 Å². The van der Waals surface area contributed by atoms with Crippen LogP contribution >= 0.6 is 0 Å². The Labute approximate surface area is 158 Å². The zero-order valence-electron chi connectivity index (χ0n) is 16.2. The highest BCUT2D eigenvalue weighted by Crippen LogP contribution is 2.17. The maximum Gasteiger partial charge on any atom is 0.251 e. The molecule has 0 aliphatic rings. The molecule has 142 valence electrons. The Hall–Kier alpha value is -2.77. The molecule has 7 heteroatoms. The van der Waals surface area contributed by atoms with Gasteiger partial charge < -0.3 is 9.72 Å². The van der Waals surface area contributed by atoms with Gasteiger partial charge in [0, 0.05) is 43.1 Å². The van der Waals surface area contributed by atoms with Crippen LogP contribution in [-0.4, -0.2) is 39.2 Å². The Kier molecular flexibility index (Phi) is 5.83. The first-order chi connectivity index (χ1) is 13.0. The van der Waals surface area contributed by atoms with Crippen molar-refractivity contribution in [1.82, 2.24) is 25.1 Å². The Morgan fingerprint density at radius 3 is 2.52 bits per heavy atom. The summed E-state index contributed by atoms with van der Waals surface area (Å²) in [7, 11) is 3.67. The van der Waals surface area contributed by atoms with Crippen molar-refractivity contribution in [2.45, 2.75) is 33.5 Å². The number of rotatable bonds is 7. The molecule has 0 saturated heterocycles. The summed E-state index contributed by atoms with van der Waals surface area (Å²) in [6.45, 7) is 6.03. The third kappa shape index (κ3) is 4.69. The molecule has 0 fully saturated rings. The highest BCUT2D eigenvalue weighted by atomic mass is 16.5. The largest absolute Gasteiger partial charge is 0.378 e. The number of benzene rings is 1. The van der Waals surface area contributed by atoms with Crippen molar-refractivity contribution in [3.63, 3.8) is 0 Å². The summed E-state index contributed by atoms with van der Waals surface area (Å²) < 4.78 is 5.07. The molecular formula is C20H25N5O2. The van der Waals surface area contributed by atoms with Gasteiger partial charge in [0.2, 0.25) is 0 Å². The van der Waals surface area contributed by atoms with Crippen molar-refractivity contribution in [1.29, 1.82) is 0 Å². The van der Waals surface area contributed by atoms with Gasteiger partial charge in [-0.1, -0.05) is 24.3 Å². The van der Waals surface area contributed by atoms with Crippen molar-refractivity contribution in [2.24, 2.45) is 0 Å². The lowest BCUT2D eigenvalue weighted by Gasteiger charge is -2.17. The van der Waals surface area contributed by atoms with Gasteiger partial charge in [0.15, 0.2) is 0 Å². The molecule has 27 heavy (non-hydrogen) atoms. The molecule has 0 saturated carbocycles. The summed E-state index contributed by atoms with van der Waals surface area (Å²) in [5.74, 6) is 0.555. The van der Waals surface area contributed by atoms with E-state index >= 15 is 0 Å². The molecule has 0 aliphatic carbocycles. The highest BCUT2D eigenvalue weighted by Gasteiger charge is 2.10. The summed E-state index contributed by atoms with van der Waals surface area (Å²) in [5, 5.41) is 7.28. The second-order valence-corrected chi connectivity index (χ2v) is 6.80. The molecule has 0 amide bonds. The number of hydrogen-bond donors (Lipinski definition) is 2. The Morgan fingerprint density at radius 2 is 1.89 bits per heavy atom. The van der Waals surface area contributed by atoms with Crippen LogP contribution in [0.3, 0.4) is 0 Å². The predicted octanol–water partition coefficient (Wildman–Crippen LogP) is 2.56. The minimum atomic E-state index is -0.179. The summed E-state index contributed by atoms with van der Waals surface area (Å²) in [5.41, 5.74) is 5.90. The summed E-state index contributed by atoms with van der Waals surface area (Å²) in [6.07, 6.45) is 0. The van der Waals surface area contributed by atoms with E-state index in [-0.39, 0.29) is 5.56 Å². The quantitative estimate of drug-likeness (QED) is 0.670. The monoisotopic (exact) mass is 367 g/mol. The van der Waals surface area contributed by atoms with E-state index in [9.17, 15) is 4.79 Å². The van der Waals surface area contributed by atoms with Gasteiger partial charge in [-0.3, -0.25) is 14.8 Å². The number of nitrogens with zero attached hydrogens (tertiary/aromatic N) is 3. The van der Waals surface area contributed by atoms with E-state index in [0.29, 0.717) is 18.1 Å². The highest BCUT2D eigenvalue weighted by molar-refractivity contribution is 5.55. The lowest BCUT2D eigenvalue weighted by Crippen LogP contribution is -2.18. The Balaban J connectivity index is 1.71. The first-order valence-electron chi connectivity index (χ1n) is 8.83. The summed E-state index contributed by atoms with van der Waals surface area (Å²) in [6, 6.07) is 9.53. The maximum absolute atomic E-state index is 11.8. The molecule has 0 atom stereocenters. The molecule has 0 bridgehead atoms. The van der Waals surface area contributed by atoms with Crippen LogP contribution in [0.5, 0.6) is 0 Å². The van der Waals surface area contributed by atoms with Gasteiger partial charge in [0.1, 0.15) is 5.82 Å². The first kappa shape index (κ1) is 19.0. The van der Waals surface area contributed by atoms with Crippen LogP contribution < -0.4 is 5.56 Å². The molecule has 3 rings (SSSR count). The minimum absolute atomic E-state index is 0.179. The summed E-state index contributed by atoms with van der Waals surface area (Å²) >= 11 is 0. The number of nitrogens with one attached hydrogen (secondary N) is 2. The van der Waals surface area contributed by atoms with Gasteiger partial charge in [-0.05, 0) is 26.5 Å². The van der Waals surface area contributed by atoms with Crippen molar-refractivity contribution in [2.75, 3.05) is 14.2 Å². The number of hydrogen-bond acceptors (Lipinski definition) is 5. The number of H-pyrrole nitrogens is 2. The topological polar surface area (TPSA) is 86.9 Å². The van der Waals surface area contributed by atoms with Crippen LogP contribution in [-0.2, 0) is 24.4 Å². The fourth-order valence-corrected chi connectivity index (χ4v) is 3.08. The SMILES string of the molecule is COCc1cc(=O)[nH]c(-c2ccc(CN(C)Cc3c(C)n[nH]c3C)cc2)n1. The van der Waals surface area contributed by atoms with E-state index in [0.717, 1.165) is 30.0 Å². The van der Waals surface area contributed by atoms with E-state index in [1.807, 2.05) is 26.0 Å². The van der Waals surface area contributed by atoms with Crippen molar-refractivity contribution >= 4 is 0 Å². The molecular weight excluding hydrogens is 342 g/mol. The van der Waals surface area contributed by atoms with Crippen LogP contribution in [0.4, 0.5) is 0 Å². The Bertz CT molecular complexity index is 940. The number of ether oxygens (including phenoxy) is 1. The minimum Gasteiger partial charge on any atom is -0.378 e. The van der Waals surface area contributed by atoms with Gasteiger partial charge in [-0.15, -0.1) is 0 Å². The van der Waals surface area contributed by atoms with Gasteiger partial charge in [0.25, 0.3) is 5.56 Å². The van der Waals surface area contributed by atoms with E-state index in [2.05, 4.69) is 44.2 Å². The number of methoxy groups -OCH3 is 1. The Morgan fingerprint density at radius 1 is 1.15 bits per heavy atom. The first-order valence-corrected chi connectivity index (χ1v) is 8.83. The van der Waals surface area contributed by atoms with E-state index in [1.54, 1.807) is 7.11 Å². The van der Waals surface area contributed by atoms with E-state index in [4.69, 9.17) is 4.74 Å². The van der Waals surface area contributed by atoms with Gasteiger partial charge in [-0.2, -0.15) is 5.10 Å². The van der Waals surface area contributed by atoms with Crippen LogP contribution in [0.15, 0.2) is 35.1 Å². The molecule has 0 spiro atoms. The maximum atomic E-state index is 11.8. The second-order valence-electron chi connectivity index (χ2n) is 6.80. The van der Waals surface area contributed by atoms with Gasteiger partial charge in [0.05, 0.1) is 18.0 Å². The third-order valence-corrected chi connectivity index (χ3v) is 4.48. The lowest BCUT2D eigenvalue weighted by atomic mass is 10.1. The van der Waals surface area contributed by atoms with E-state index in [1.165, 1.54) is 17.2 Å². The lowest BCUT2D eigenvalue weighted by molar-refractivity contribution is 0.181. The molecule has 0 unspecified atom stereocenters. The molecule has 7 nitrogen and oxygen atoms in total. The molecule has 2 heterocycles. The zero-order chi connectivity index (χ0) is 19.4. The zero-order valence-corrected chi connectivity index (χ0v) is 16.2. The van der Waals surface area contributed by atoms with Crippen molar-refractivity contribution in [3.05, 3.63) is 68.9 Å². The van der Waals surface area contributed by atoms with E-state index < -0.39 is 0 Å². The van der Waals surface area contributed by atoms with Crippen LogP contribution in [0.2, 0.25) is 0 Å². The third-order valence-electron chi connectivity index (χ3n) is 4.48. The average Bonchev–Trinajstić information content (AvgIpc) is 2.94. The van der Waals surface area contributed by atoms with Crippen molar-refractivity contribution in [3.8, 4) is 11.4 Å².